The molecule has 0 saturated carbocycles. The average molecular weight is 404 g/mol. The van der Waals surface area contributed by atoms with E-state index in [2.05, 4.69) is 0 Å². The van der Waals surface area contributed by atoms with Crippen LogP contribution in [0.15, 0.2) is 48.5 Å². The summed E-state index contributed by atoms with van der Waals surface area (Å²) >= 11 is 0. The van der Waals surface area contributed by atoms with Gasteiger partial charge in [0.05, 0.1) is 11.5 Å². The molecule has 2 aromatic carbocycles. The first-order valence-electron chi connectivity index (χ1n) is 9.38. The lowest BCUT2D eigenvalue weighted by molar-refractivity contribution is -0.137. The van der Waals surface area contributed by atoms with Crippen LogP contribution < -0.4 is 0 Å². The molecule has 1 saturated heterocycles. The molecule has 1 fully saturated rings. The molecule has 1 aliphatic heterocycles. The molecule has 0 aromatic heterocycles. The van der Waals surface area contributed by atoms with Gasteiger partial charge < -0.3 is 9.80 Å². The summed E-state index contributed by atoms with van der Waals surface area (Å²) in [4.78, 5) is 28.2. The molecule has 2 amide bonds. The summed E-state index contributed by atoms with van der Waals surface area (Å²) in [5.41, 5.74) is 2.03. The van der Waals surface area contributed by atoms with Gasteiger partial charge in [-0.2, -0.15) is 13.2 Å². The summed E-state index contributed by atoms with van der Waals surface area (Å²) in [6.07, 6.45) is -4.23. The highest BCUT2D eigenvalue weighted by molar-refractivity contribution is 5.89. The molecule has 0 spiro atoms. The molecule has 0 aliphatic carbocycles. The second-order valence-electron chi connectivity index (χ2n) is 7.55. The van der Waals surface area contributed by atoms with Gasteiger partial charge in [-0.25, -0.2) is 0 Å². The van der Waals surface area contributed by atoms with Crippen molar-refractivity contribution in [2.75, 3.05) is 13.6 Å². The number of likely N-dealkylation sites (tertiary alicyclic amines) is 1. The quantitative estimate of drug-likeness (QED) is 0.755. The zero-order valence-electron chi connectivity index (χ0n) is 16.4. The Morgan fingerprint density at radius 2 is 1.66 bits per heavy atom. The number of halogens is 3. The molecular formula is C22H23F3N2O2. The Kier molecular flexibility index (Phi) is 5.96. The maximum Gasteiger partial charge on any atom is 0.416 e. The number of carbonyl (C=O) groups is 2. The predicted octanol–water partition coefficient (Wildman–Crippen LogP) is 4.02. The van der Waals surface area contributed by atoms with E-state index in [4.69, 9.17) is 0 Å². The van der Waals surface area contributed by atoms with E-state index in [0.29, 0.717) is 18.7 Å². The molecule has 2 aromatic rings. The maximum absolute atomic E-state index is 12.7. The zero-order valence-corrected chi connectivity index (χ0v) is 16.4. The minimum Gasteiger partial charge on any atom is -0.341 e. The fourth-order valence-corrected chi connectivity index (χ4v) is 3.47. The van der Waals surface area contributed by atoms with E-state index >= 15 is 0 Å². The average Bonchev–Trinajstić information content (AvgIpc) is 3.03. The van der Waals surface area contributed by atoms with Crippen LogP contribution in [0.1, 0.15) is 28.7 Å². The van der Waals surface area contributed by atoms with Crippen LogP contribution >= 0.6 is 0 Å². The molecule has 3 rings (SSSR count). The van der Waals surface area contributed by atoms with Gasteiger partial charge in [0, 0.05) is 33.1 Å². The number of benzene rings is 2. The number of nitrogens with zero attached hydrogens (tertiary/aromatic N) is 2. The van der Waals surface area contributed by atoms with Crippen LogP contribution in [-0.2, 0) is 28.9 Å². The van der Waals surface area contributed by atoms with E-state index in [1.54, 1.807) is 11.9 Å². The zero-order chi connectivity index (χ0) is 21.2. The van der Waals surface area contributed by atoms with Gasteiger partial charge in [-0.05, 0) is 30.2 Å². The molecule has 29 heavy (non-hydrogen) atoms. The van der Waals surface area contributed by atoms with E-state index in [-0.39, 0.29) is 24.8 Å². The van der Waals surface area contributed by atoms with Gasteiger partial charge in [-0.3, -0.25) is 9.59 Å². The summed E-state index contributed by atoms with van der Waals surface area (Å²) in [6, 6.07) is 12.7. The van der Waals surface area contributed by atoms with Crippen LogP contribution in [0, 0.1) is 12.8 Å². The number of aryl methyl sites for hydroxylation is 1. The van der Waals surface area contributed by atoms with Gasteiger partial charge in [0.2, 0.25) is 11.8 Å². The third-order valence-corrected chi connectivity index (χ3v) is 5.14. The first-order chi connectivity index (χ1) is 13.6. The van der Waals surface area contributed by atoms with Crippen molar-refractivity contribution in [2.45, 2.75) is 32.6 Å². The Labute approximate surface area is 167 Å². The molecule has 1 heterocycles. The van der Waals surface area contributed by atoms with Gasteiger partial charge in [-0.1, -0.05) is 42.0 Å². The molecular weight excluding hydrogens is 381 g/mol. The lowest BCUT2D eigenvalue weighted by Gasteiger charge is -2.22. The Hall–Kier alpha value is -2.83. The van der Waals surface area contributed by atoms with E-state index < -0.39 is 17.7 Å². The van der Waals surface area contributed by atoms with Gasteiger partial charge in [0.25, 0.3) is 0 Å². The summed E-state index contributed by atoms with van der Waals surface area (Å²) < 4.78 is 38.0. The third kappa shape index (κ3) is 5.16. The van der Waals surface area contributed by atoms with Crippen molar-refractivity contribution in [3.05, 3.63) is 70.8 Å². The minimum absolute atomic E-state index is 0.0631. The fourth-order valence-electron chi connectivity index (χ4n) is 3.47. The van der Waals surface area contributed by atoms with E-state index in [9.17, 15) is 22.8 Å². The van der Waals surface area contributed by atoms with Crippen LogP contribution in [-0.4, -0.2) is 35.2 Å². The summed E-state index contributed by atoms with van der Waals surface area (Å²) in [5, 5.41) is 0. The molecule has 0 radical (unpaired) electrons. The third-order valence-electron chi connectivity index (χ3n) is 5.14. The Bertz CT molecular complexity index is 876. The molecule has 1 atom stereocenters. The van der Waals surface area contributed by atoms with E-state index in [1.165, 1.54) is 17.0 Å². The minimum atomic E-state index is -4.38. The van der Waals surface area contributed by atoms with Crippen molar-refractivity contribution in [3.63, 3.8) is 0 Å². The smallest absolute Gasteiger partial charge is 0.341 e. The summed E-state index contributed by atoms with van der Waals surface area (Å²) in [5.74, 6) is -0.677. The van der Waals surface area contributed by atoms with Gasteiger partial charge in [0.15, 0.2) is 0 Å². The molecule has 1 unspecified atom stereocenters. The molecule has 0 bridgehead atoms. The maximum atomic E-state index is 12.7. The van der Waals surface area contributed by atoms with Crippen molar-refractivity contribution in [3.8, 4) is 0 Å². The normalized spacial score (nSPS) is 16.9. The van der Waals surface area contributed by atoms with Crippen molar-refractivity contribution in [2.24, 2.45) is 5.92 Å². The van der Waals surface area contributed by atoms with Crippen LogP contribution in [0.5, 0.6) is 0 Å². The highest BCUT2D eigenvalue weighted by Gasteiger charge is 2.35. The Balaban J connectivity index is 1.58. The van der Waals surface area contributed by atoms with Crippen LogP contribution in [0.3, 0.4) is 0 Å². The number of carbonyl (C=O) groups excluding carboxylic acids is 2. The highest BCUT2D eigenvalue weighted by Crippen LogP contribution is 2.29. The van der Waals surface area contributed by atoms with Crippen molar-refractivity contribution in [1.29, 1.82) is 0 Å². The van der Waals surface area contributed by atoms with Gasteiger partial charge >= 0.3 is 6.18 Å². The van der Waals surface area contributed by atoms with Crippen LogP contribution in [0.2, 0.25) is 0 Å². The van der Waals surface area contributed by atoms with Gasteiger partial charge in [0.1, 0.15) is 0 Å². The number of hydrogen-bond acceptors (Lipinski definition) is 2. The topological polar surface area (TPSA) is 40.6 Å². The summed E-state index contributed by atoms with van der Waals surface area (Å²) in [6.45, 7) is 3.00. The fraction of sp³-hybridized carbons (Fsp3) is 0.364. The van der Waals surface area contributed by atoms with Crippen molar-refractivity contribution < 1.29 is 22.8 Å². The lowest BCUT2D eigenvalue weighted by atomic mass is 10.1. The number of hydrogen-bond donors (Lipinski definition) is 0. The SMILES string of the molecule is Cc1ccc(CN2CC(C(=O)N(C)Cc3ccc(C(F)(F)F)cc3)CC2=O)cc1. The Morgan fingerprint density at radius 1 is 1.07 bits per heavy atom. The second kappa shape index (κ2) is 8.27. The first-order valence-corrected chi connectivity index (χ1v) is 9.38. The predicted molar refractivity (Wildman–Crippen MR) is 103 cm³/mol. The number of alkyl halides is 3. The highest BCUT2D eigenvalue weighted by atomic mass is 19.4. The monoisotopic (exact) mass is 404 g/mol. The molecule has 1 aliphatic rings. The largest absolute Gasteiger partial charge is 0.416 e. The van der Waals surface area contributed by atoms with Gasteiger partial charge in [-0.15, -0.1) is 0 Å². The van der Waals surface area contributed by atoms with E-state index in [1.807, 2.05) is 31.2 Å². The molecule has 0 N–H and O–H groups in total. The standard InChI is InChI=1S/C22H23F3N2O2/c1-15-3-5-17(6-4-15)13-27-14-18(11-20(27)28)21(29)26(2)12-16-7-9-19(10-8-16)22(23,24)25/h3-10,18H,11-14H2,1-2H3. The first kappa shape index (κ1) is 20.9. The van der Waals surface area contributed by atoms with Crippen LogP contribution in [0.4, 0.5) is 13.2 Å². The summed E-state index contributed by atoms with van der Waals surface area (Å²) in [7, 11) is 1.60. The second-order valence-corrected chi connectivity index (χ2v) is 7.55. The van der Waals surface area contributed by atoms with E-state index in [0.717, 1.165) is 23.3 Å². The number of amides is 2. The van der Waals surface area contributed by atoms with Crippen molar-refractivity contribution in [1.82, 2.24) is 9.80 Å². The number of rotatable bonds is 5. The molecule has 154 valence electrons. The molecule has 7 heteroatoms. The van der Waals surface area contributed by atoms with Crippen LogP contribution in [0.25, 0.3) is 0 Å². The van der Waals surface area contributed by atoms with Crippen molar-refractivity contribution >= 4 is 11.8 Å². The Morgan fingerprint density at radius 3 is 2.24 bits per heavy atom. The lowest BCUT2D eigenvalue weighted by Crippen LogP contribution is -2.34. The molecule has 4 nitrogen and oxygen atoms in total.